The predicted octanol–water partition coefficient (Wildman–Crippen LogP) is 3.63. The highest BCUT2D eigenvalue weighted by atomic mass is 16.5. The van der Waals surface area contributed by atoms with Crippen molar-refractivity contribution in [2.75, 3.05) is 62.7 Å². The van der Waals surface area contributed by atoms with Crippen molar-refractivity contribution in [1.82, 2.24) is 9.80 Å². The lowest BCUT2D eigenvalue weighted by molar-refractivity contribution is 0.0303. The van der Waals surface area contributed by atoms with Gasteiger partial charge in [-0.2, -0.15) is 0 Å². The topological polar surface area (TPSA) is 78.3 Å². The molecule has 0 spiro atoms. The van der Waals surface area contributed by atoms with Gasteiger partial charge >= 0.3 is 0 Å². The minimum atomic E-state index is -0.345. The van der Waals surface area contributed by atoms with Gasteiger partial charge in [0.2, 0.25) is 0 Å². The third-order valence-electron chi connectivity index (χ3n) is 6.73. The van der Waals surface area contributed by atoms with Gasteiger partial charge in [-0.05, 0) is 42.8 Å². The van der Waals surface area contributed by atoms with E-state index in [1.54, 1.807) is 18.2 Å². The molecule has 2 aromatic carbocycles. The zero-order chi connectivity index (χ0) is 24.9. The molecule has 2 amide bonds. The molecular weight excluding hydrogens is 456 g/mol. The lowest BCUT2D eigenvalue weighted by atomic mass is 10.1. The van der Waals surface area contributed by atoms with Crippen molar-refractivity contribution in [3.63, 3.8) is 0 Å². The Morgan fingerprint density at radius 1 is 0.917 bits per heavy atom. The Morgan fingerprint density at radius 3 is 2.44 bits per heavy atom. The lowest BCUT2D eigenvalue weighted by Gasteiger charge is -2.37. The SMILES string of the molecule is Cc1cccc(CN2CCN(c3ccc(NC(=O)c4ccco4)cc3C(=O)N3CCOCC3)CC2)c1. The highest BCUT2D eigenvalue weighted by molar-refractivity contribution is 6.05. The molecule has 0 aliphatic carbocycles. The number of benzene rings is 2. The number of ether oxygens (including phenoxy) is 1. The maximum absolute atomic E-state index is 13.6. The predicted molar refractivity (Wildman–Crippen MR) is 138 cm³/mol. The summed E-state index contributed by atoms with van der Waals surface area (Å²) < 4.78 is 10.6. The van der Waals surface area contributed by atoms with Crippen LogP contribution in [-0.2, 0) is 11.3 Å². The van der Waals surface area contributed by atoms with Crippen molar-refractivity contribution in [3.05, 3.63) is 83.3 Å². The zero-order valence-corrected chi connectivity index (χ0v) is 20.6. The quantitative estimate of drug-likeness (QED) is 0.571. The maximum Gasteiger partial charge on any atom is 0.291 e. The number of morpholine rings is 1. The molecular formula is C28H32N4O4. The average Bonchev–Trinajstić information content (AvgIpc) is 3.45. The summed E-state index contributed by atoms with van der Waals surface area (Å²) in [6.45, 7) is 8.72. The summed E-state index contributed by atoms with van der Waals surface area (Å²) in [6.07, 6.45) is 1.46. The van der Waals surface area contributed by atoms with Gasteiger partial charge in [-0.25, -0.2) is 0 Å². The molecule has 36 heavy (non-hydrogen) atoms. The first-order valence-electron chi connectivity index (χ1n) is 12.5. The monoisotopic (exact) mass is 488 g/mol. The minimum Gasteiger partial charge on any atom is -0.459 e. The van der Waals surface area contributed by atoms with Crippen LogP contribution in [0.4, 0.5) is 11.4 Å². The molecule has 5 rings (SSSR count). The highest BCUT2D eigenvalue weighted by Gasteiger charge is 2.26. The van der Waals surface area contributed by atoms with Gasteiger partial charge in [0.1, 0.15) is 0 Å². The molecule has 3 aromatic rings. The third-order valence-corrected chi connectivity index (χ3v) is 6.73. The fraction of sp³-hybridized carbons (Fsp3) is 0.357. The Bertz CT molecular complexity index is 1200. The van der Waals surface area contributed by atoms with Crippen LogP contribution in [-0.4, -0.2) is 74.1 Å². The number of anilines is 2. The molecule has 0 atom stereocenters. The number of piperazine rings is 1. The van der Waals surface area contributed by atoms with Crippen molar-refractivity contribution in [3.8, 4) is 0 Å². The van der Waals surface area contributed by atoms with Gasteiger partial charge in [-0.3, -0.25) is 14.5 Å². The smallest absolute Gasteiger partial charge is 0.291 e. The molecule has 1 aromatic heterocycles. The summed E-state index contributed by atoms with van der Waals surface area (Å²) in [5, 5.41) is 2.86. The van der Waals surface area contributed by atoms with Crippen molar-refractivity contribution in [1.29, 1.82) is 0 Å². The Kier molecular flexibility index (Phi) is 7.34. The molecule has 2 aliphatic rings. The largest absolute Gasteiger partial charge is 0.459 e. The lowest BCUT2D eigenvalue weighted by Crippen LogP contribution is -2.47. The summed E-state index contributed by atoms with van der Waals surface area (Å²) in [6, 6.07) is 17.5. The van der Waals surface area contributed by atoms with Crippen LogP contribution in [0.1, 0.15) is 32.0 Å². The van der Waals surface area contributed by atoms with E-state index in [0.29, 0.717) is 37.6 Å². The van der Waals surface area contributed by atoms with Crippen LogP contribution >= 0.6 is 0 Å². The van der Waals surface area contributed by atoms with Crippen LogP contribution in [0.2, 0.25) is 0 Å². The number of nitrogens with zero attached hydrogens (tertiary/aromatic N) is 3. The van der Waals surface area contributed by atoms with E-state index in [1.807, 2.05) is 17.0 Å². The Balaban J connectivity index is 1.33. The zero-order valence-electron chi connectivity index (χ0n) is 20.6. The molecule has 0 saturated carbocycles. The molecule has 8 nitrogen and oxygen atoms in total. The summed E-state index contributed by atoms with van der Waals surface area (Å²) in [7, 11) is 0. The maximum atomic E-state index is 13.6. The number of aryl methyl sites for hydroxylation is 1. The summed E-state index contributed by atoms with van der Waals surface area (Å²) in [4.78, 5) is 32.6. The Hall–Kier alpha value is -3.62. The average molecular weight is 489 g/mol. The number of carbonyl (C=O) groups is 2. The van der Waals surface area contributed by atoms with Crippen LogP contribution in [0.25, 0.3) is 0 Å². The standard InChI is InChI=1S/C28H32N4O4/c1-21-4-2-5-22(18-21)20-30-9-11-31(12-10-30)25-8-7-23(29-27(33)26-6-3-15-36-26)19-24(25)28(34)32-13-16-35-17-14-32/h2-8,15,18-19H,9-14,16-17,20H2,1H3,(H,29,33). The van der Waals surface area contributed by atoms with E-state index in [0.717, 1.165) is 38.4 Å². The van der Waals surface area contributed by atoms with Crippen LogP contribution < -0.4 is 10.2 Å². The van der Waals surface area contributed by atoms with Crippen molar-refractivity contribution in [2.24, 2.45) is 0 Å². The van der Waals surface area contributed by atoms with E-state index in [4.69, 9.17) is 9.15 Å². The number of rotatable bonds is 6. The van der Waals surface area contributed by atoms with Crippen LogP contribution in [0.5, 0.6) is 0 Å². The third kappa shape index (κ3) is 5.61. The van der Waals surface area contributed by atoms with Gasteiger partial charge in [-0.1, -0.05) is 29.8 Å². The summed E-state index contributed by atoms with van der Waals surface area (Å²) in [5.41, 5.74) is 4.66. The molecule has 1 N–H and O–H groups in total. The second-order valence-electron chi connectivity index (χ2n) is 9.32. The Labute approximate surface area is 211 Å². The van der Waals surface area contributed by atoms with E-state index in [2.05, 4.69) is 46.3 Å². The van der Waals surface area contributed by atoms with Gasteiger partial charge in [0.15, 0.2) is 5.76 Å². The van der Waals surface area contributed by atoms with Crippen LogP contribution in [0, 0.1) is 6.92 Å². The molecule has 2 aliphatic heterocycles. The molecule has 2 saturated heterocycles. The fourth-order valence-corrected chi connectivity index (χ4v) is 4.81. The van der Waals surface area contributed by atoms with E-state index < -0.39 is 0 Å². The Morgan fingerprint density at radius 2 is 1.72 bits per heavy atom. The van der Waals surface area contributed by atoms with E-state index >= 15 is 0 Å². The minimum absolute atomic E-state index is 0.0374. The molecule has 0 bridgehead atoms. The second-order valence-corrected chi connectivity index (χ2v) is 9.32. The summed E-state index contributed by atoms with van der Waals surface area (Å²) >= 11 is 0. The molecule has 2 fully saturated rings. The number of carbonyl (C=O) groups excluding carboxylic acids is 2. The molecule has 8 heteroatoms. The number of hydrogen-bond donors (Lipinski definition) is 1. The molecule has 0 unspecified atom stereocenters. The van der Waals surface area contributed by atoms with Crippen LogP contribution in [0.3, 0.4) is 0 Å². The van der Waals surface area contributed by atoms with E-state index in [-0.39, 0.29) is 17.6 Å². The first kappa shape index (κ1) is 24.1. The van der Waals surface area contributed by atoms with Crippen molar-refractivity contribution < 1.29 is 18.7 Å². The highest BCUT2D eigenvalue weighted by Crippen LogP contribution is 2.28. The second kappa shape index (κ2) is 11.0. The van der Waals surface area contributed by atoms with E-state index in [1.165, 1.54) is 17.4 Å². The number of hydrogen-bond acceptors (Lipinski definition) is 6. The van der Waals surface area contributed by atoms with Gasteiger partial charge in [0.25, 0.3) is 11.8 Å². The first-order chi connectivity index (χ1) is 17.6. The molecule has 0 radical (unpaired) electrons. The molecule has 188 valence electrons. The first-order valence-corrected chi connectivity index (χ1v) is 12.5. The van der Waals surface area contributed by atoms with Gasteiger partial charge < -0.3 is 24.3 Å². The van der Waals surface area contributed by atoms with Crippen molar-refractivity contribution >= 4 is 23.2 Å². The number of furan rings is 1. The van der Waals surface area contributed by atoms with Crippen LogP contribution in [0.15, 0.2) is 65.3 Å². The normalized spacial score (nSPS) is 16.7. The summed E-state index contributed by atoms with van der Waals surface area (Å²) in [5.74, 6) is -0.156. The van der Waals surface area contributed by atoms with Gasteiger partial charge in [0.05, 0.1) is 25.0 Å². The number of amides is 2. The van der Waals surface area contributed by atoms with E-state index in [9.17, 15) is 9.59 Å². The number of nitrogens with one attached hydrogen (secondary N) is 1. The fourth-order valence-electron chi connectivity index (χ4n) is 4.81. The van der Waals surface area contributed by atoms with Gasteiger partial charge in [-0.15, -0.1) is 0 Å². The molecule has 3 heterocycles. The van der Waals surface area contributed by atoms with Gasteiger partial charge in [0, 0.05) is 57.2 Å². The van der Waals surface area contributed by atoms with Crippen molar-refractivity contribution in [2.45, 2.75) is 13.5 Å².